The van der Waals surface area contributed by atoms with Crippen molar-refractivity contribution in [1.29, 1.82) is 0 Å². The Morgan fingerprint density at radius 2 is 1.73 bits per heavy atom. The second kappa shape index (κ2) is 7.95. The second-order valence-electron chi connectivity index (χ2n) is 5.67. The number of aryl methyl sites for hydroxylation is 2. The first kappa shape index (κ1) is 16.5. The largest absolute Gasteiger partial charge is 0.493 e. The smallest absolute Gasteiger partial charge is 0.126 e. The van der Waals surface area contributed by atoms with Crippen LogP contribution in [0.5, 0.6) is 5.75 Å². The fraction of sp³-hybridized carbons (Fsp3) is 0.368. The van der Waals surface area contributed by atoms with Crippen molar-refractivity contribution in [3.63, 3.8) is 0 Å². The number of rotatable bonds is 7. The Morgan fingerprint density at radius 1 is 1.05 bits per heavy atom. The quantitative estimate of drug-likeness (QED) is 0.772. The minimum Gasteiger partial charge on any atom is -0.493 e. The molecule has 0 bridgehead atoms. The summed E-state index contributed by atoms with van der Waals surface area (Å²) >= 11 is 0. The monoisotopic (exact) mass is 301 g/mol. The molecule has 0 amide bonds. The zero-order valence-corrected chi connectivity index (χ0v) is 13.3. The lowest BCUT2D eigenvalue weighted by molar-refractivity contribution is 0.297. The van der Waals surface area contributed by atoms with E-state index in [1.807, 2.05) is 44.2 Å². The van der Waals surface area contributed by atoms with Crippen molar-refractivity contribution in [2.45, 2.75) is 32.6 Å². The van der Waals surface area contributed by atoms with E-state index in [0.717, 1.165) is 29.7 Å². The van der Waals surface area contributed by atoms with Crippen molar-refractivity contribution in [1.82, 2.24) is 0 Å². The van der Waals surface area contributed by atoms with E-state index >= 15 is 0 Å². The molecule has 0 saturated heterocycles. The van der Waals surface area contributed by atoms with E-state index < -0.39 is 0 Å². The van der Waals surface area contributed by atoms with Gasteiger partial charge in [-0.15, -0.1) is 0 Å². The number of hydrogen-bond donors (Lipinski definition) is 1. The van der Waals surface area contributed by atoms with Crippen LogP contribution in [0.1, 0.15) is 35.4 Å². The van der Waals surface area contributed by atoms with Gasteiger partial charge >= 0.3 is 0 Å². The number of para-hydroxylation sites is 1. The van der Waals surface area contributed by atoms with Gasteiger partial charge in [0.25, 0.3) is 0 Å². The van der Waals surface area contributed by atoms with Crippen molar-refractivity contribution < 1.29 is 9.13 Å². The average molecular weight is 301 g/mol. The van der Waals surface area contributed by atoms with Gasteiger partial charge in [0.1, 0.15) is 11.6 Å². The van der Waals surface area contributed by atoms with Gasteiger partial charge in [0.05, 0.1) is 6.61 Å². The summed E-state index contributed by atoms with van der Waals surface area (Å²) in [5.41, 5.74) is 8.80. The van der Waals surface area contributed by atoms with Crippen molar-refractivity contribution >= 4 is 0 Å². The van der Waals surface area contributed by atoms with Crippen LogP contribution in [-0.2, 0) is 0 Å². The minimum absolute atomic E-state index is 0.0442. The van der Waals surface area contributed by atoms with Gasteiger partial charge in [-0.3, -0.25) is 0 Å². The van der Waals surface area contributed by atoms with Crippen LogP contribution in [0.4, 0.5) is 4.39 Å². The molecule has 1 atom stereocenters. The molecule has 0 saturated carbocycles. The van der Waals surface area contributed by atoms with Crippen LogP contribution in [0.3, 0.4) is 0 Å². The van der Waals surface area contributed by atoms with E-state index in [-0.39, 0.29) is 11.7 Å². The van der Waals surface area contributed by atoms with Crippen LogP contribution in [0.25, 0.3) is 0 Å². The highest BCUT2D eigenvalue weighted by Gasteiger charge is 2.13. The molecule has 2 nitrogen and oxygen atoms in total. The summed E-state index contributed by atoms with van der Waals surface area (Å²) in [5.74, 6) is 0.828. The molecular formula is C19H24FNO. The number of halogens is 1. The molecule has 0 aliphatic heterocycles. The first-order valence-corrected chi connectivity index (χ1v) is 7.77. The van der Waals surface area contributed by atoms with Crippen LogP contribution in [0.2, 0.25) is 0 Å². The zero-order chi connectivity index (χ0) is 15.9. The zero-order valence-electron chi connectivity index (χ0n) is 13.3. The van der Waals surface area contributed by atoms with Gasteiger partial charge < -0.3 is 10.5 Å². The molecule has 22 heavy (non-hydrogen) atoms. The molecule has 0 aliphatic carbocycles. The molecule has 2 rings (SSSR count). The highest BCUT2D eigenvalue weighted by atomic mass is 19.1. The molecule has 0 spiro atoms. The Hall–Kier alpha value is -1.87. The molecule has 0 fully saturated rings. The van der Waals surface area contributed by atoms with E-state index in [9.17, 15) is 4.39 Å². The van der Waals surface area contributed by atoms with Gasteiger partial charge in [0.2, 0.25) is 0 Å². The number of nitrogens with two attached hydrogens (primary N) is 1. The van der Waals surface area contributed by atoms with Gasteiger partial charge in [-0.25, -0.2) is 4.39 Å². The Kier molecular flexibility index (Phi) is 5.96. The Morgan fingerprint density at radius 3 is 2.36 bits per heavy atom. The molecule has 0 radical (unpaired) electrons. The summed E-state index contributed by atoms with van der Waals surface area (Å²) in [6, 6.07) is 13.0. The Bertz CT molecular complexity index is 592. The molecule has 1 unspecified atom stereocenters. The molecule has 0 heterocycles. The molecule has 0 aliphatic rings. The van der Waals surface area contributed by atoms with Crippen molar-refractivity contribution in [2.75, 3.05) is 13.2 Å². The maximum atomic E-state index is 13.8. The average Bonchev–Trinajstić information content (AvgIpc) is 2.51. The van der Waals surface area contributed by atoms with Gasteiger partial charge in [-0.1, -0.05) is 36.4 Å². The third-order valence-electron chi connectivity index (χ3n) is 3.98. The fourth-order valence-electron chi connectivity index (χ4n) is 2.74. The predicted octanol–water partition coefficient (Wildman–Crippen LogP) is 4.34. The van der Waals surface area contributed by atoms with Crippen molar-refractivity contribution in [3.8, 4) is 5.75 Å². The highest BCUT2D eigenvalue weighted by Crippen LogP contribution is 2.25. The molecule has 2 aromatic rings. The van der Waals surface area contributed by atoms with E-state index in [1.165, 1.54) is 6.07 Å². The maximum absolute atomic E-state index is 13.8. The van der Waals surface area contributed by atoms with Crippen LogP contribution in [0, 0.1) is 19.7 Å². The molecule has 2 N–H and O–H groups in total. The van der Waals surface area contributed by atoms with E-state index in [0.29, 0.717) is 18.7 Å². The summed E-state index contributed by atoms with van der Waals surface area (Å²) in [5, 5.41) is 0. The molecule has 3 heteroatoms. The lowest BCUT2D eigenvalue weighted by Crippen LogP contribution is -2.15. The Labute approximate surface area is 132 Å². The van der Waals surface area contributed by atoms with Crippen LogP contribution in [-0.4, -0.2) is 13.2 Å². The van der Waals surface area contributed by atoms with Gasteiger partial charge in [-0.2, -0.15) is 0 Å². The van der Waals surface area contributed by atoms with Crippen molar-refractivity contribution in [3.05, 3.63) is 65.0 Å². The molecule has 2 aromatic carbocycles. The summed E-state index contributed by atoms with van der Waals surface area (Å²) in [4.78, 5) is 0. The number of hydrogen-bond acceptors (Lipinski definition) is 2. The van der Waals surface area contributed by atoms with E-state index in [4.69, 9.17) is 10.5 Å². The third kappa shape index (κ3) is 4.08. The standard InChI is InChI=1S/C19H24FNO/c1-14-7-5-8-15(2)19(14)22-12-6-9-16(13-21)17-10-3-4-11-18(17)20/h3-5,7-8,10-11,16H,6,9,12-13,21H2,1-2H3. The number of ether oxygens (including phenoxy) is 1. The first-order chi connectivity index (χ1) is 10.6. The molecular weight excluding hydrogens is 277 g/mol. The van der Waals surface area contributed by atoms with E-state index in [1.54, 1.807) is 6.07 Å². The molecule has 118 valence electrons. The third-order valence-corrected chi connectivity index (χ3v) is 3.98. The maximum Gasteiger partial charge on any atom is 0.126 e. The SMILES string of the molecule is Cc1cccc(C)c1OCCCC(CN)c1ccccc1F. The highest BCUT2D eigenvalue weighted by molar-refractivity contribution is 5.39. The molecule has 0 aromatic heterocycles. The number of benzene rings is 2. The van der Waals surface area contributed by atoms with Gasteiger partial charge in [0, 0.05) is 0 Å². The second-order valence-corrected chi connectivity index (χ2v) is 5.67. The van der Waals surface area contributed by atoms with Gasteiger partial charge in [-0.05, 0) is 61.9 Å². The van der Waals surface area contributed by atoms with Crippen molar-refractivity contribution in [2.24, 2.45) is 5.73 Å². The lowest BCUT2D eigenvalue weighted by atomic mass is 9.94. The summed E-state index contributed by atoms with van der Waals surface area (Å²) in [6.07, 6.45) is 1.67. The topological polar surface area (TPSA) is 35.2 Å². The van der Waals surface area contributed by atoms with Crippen LogP contribution < -0.4 is 10.5 Å². The normalized spacial score (nSPS) is 12.2. The predicted molar refractivity (Wildman–Crippen MR) is 88.8 cm³/mol. The first-order valence-electron chi connectivity index (χ1n) is 7.77. The van der Waals surface area contributed by atoms with Crippen LogP contribution >= 0.6 is 0 Å². The lowest BCUT2D eigenvalue weighted by Gasteiger charge is -2.17. The van der Waals surface area contributed by atoms with Gasteiger partial charge in [0.15, 0.2) is 0 Å². The summed E-state index contributed by atoms with van der Waals surface area (Å²) in [7, 11) is 0. The van der Waals surface area contributed by atoms with E-state index in [2.05, 4.69) is 0 Å². The Balaban J connectivity index is 1.89. The minimum atomic E-state index is -0.173. The van der Waals surface area contributed by atoms with Crippen LogP contribution in [0.15, 0.2) is 42.5 Å². The summed E-state index contributed by atoms with van der Waals surface area (Å²) in [6.45, 7) is 5.16. The summed E-state index contributed by atoms with van der Waals surface area (Å²) < 4.78 is 19.7. The fourth-order valence-corrected chi connectivity index (χ4v) is 2.74.